The van der Waals surface area contributed by atoms with Crippen LogP contribution < -0.4 is 4.74 Å². The molecule has 0 aliphatic rings. The van der Waals surface area contributed by atoms with Crippen LogP contribution in [0.15, 0.2) is 40.9 Å². The predicted molar refractivity (Wildman–Crippen MR) is 75.6 cm³/mol. The Bertz CT molecular complexity index is 597. The van der Waals surface area contributed by atoms with Gasteiger partial charge in [0.1, 0.15) is 5.75 Å². The molecular weight excluding hydrogens is 312 g/mol. The number of halogens is 1. The van der Waals surface area contributed by atoms with Gasteiger partial charge in [-0.2, -0.15) is 0 Å². The van der Waals surface area contributed by atoms with E-state index in [4.69, 9.17) is 14.6 Å². The first-order valence-corrected chi connectivity index (χ1v) is 6.47. The largest absolute Gasteiger partial charge is 0.478 e. The smallest absolute Gasteiger partial charge is 0.347 e. The van der Waals surface area contributed by atoms with E-state index in [2.05, 4.69) is 15.9 Å². The van der Waals surface area contributed by atoms with Crippen molar-refractivity contribution in [1.29, 1.82) is 0 Å². The standard InChI is InChI=1S/C14H13BrO4/c1-18-8-13(14(16)17)19-12-5-3-9-6-11(15)4-2-10(9)7-12/h2-7,13H,8H2,1H3,(H,16,17). The number of benzene rings is 2. The molecule has 4 nitrogen and oxygen atoms in total. The molecule has 19 heavy (non-hydrogen) atoms. The van der Waals surface area contributed by atoms with Crippen molar-refractivity contribution in [2.45, 2.75) is 6.10 Å². The van der Waals surface area contributed by atoms with Crippen molar-refractivity contribution in [3.05, 3.63) is 40.9 Å². The van der Waals surface area contributed by atoms with E-state index in [0.29, 0.717) is 5.75 Å². The molecule has 0 heterocycles. The Hall–Kier alpha value is -1.59. The Kier molecular flexibility index (Phi) is 4.39. The van der Waals surface area contributed by atoms with E-state index in [1.807, 2.05) is 30.3 Å². The third-order valence-corrected chi connectivity index (χ3v) is 3.14. The van der Waals surface area contributed by atoms with Gasteiger partial charge in [-0.15, -0.1) is 0 Å². The molecular formula is C14H13BrO4. The van der Waals surface area contributed by atoms with E-state index in [-0.39, 0.29) is 6.61 Å². The van der Waals surface area contributed by atoms with E-state index in [0.717, 1.165) is 15.2 Å². The third kappa shape index (κ3) is 3.45. The fourth-order valence-electron chi connectivity index (χ4n) is 1.74. The van der Waals surface area contributed by atoms with Crippen LogP contribution in [-0.4, -0.2) is 30.9 Å². The quantitative estimate of drug-likeness (QED) is 0.918. The zero-order valence-corrected chi connectivity index (χ0v) is 11.9. The lowest BCUT2D eigenvalue weighted by molar-refractivity contribution is -0.147. The summed E-state index contributed by atoms with van der Waals surface area (Å²) in [6, 6.07) is 11.3. The maximum absolute atomic E-state index is 11.0. The van der Waals surface area contributed by atoms with Gasteiger partial charge in [-0.05, 0) is 35.0 Å². The summed E-state index contributed by atoms with van der Waals surface area (Å²) in [5.41, 5.74) is 0. The first-order chi connectivity index (χ1) is 9.10. The highest BCUT2D eigenvalue weighted by molar-refractivity contribution is 9.10. The zero-order valence-electron chi connectivity index (χ0n) is 10.3. The minimum absolute atomic E-state index is 0.00765. The molecule has 1 atom stereocenters. The molecule has 2 aromatic carbocycles. The van der Waals surface area contributed by atoms with E-state index >= 15 is 0 Å². The van der Waals surface area contributed by atoms with E-state index in [9.17, 15) is 4.79 Å². The van der Waals surface area contributed by atoms with Gasteiger partial charge >= 0.3 is 5.97 Å². The van der Waals surface area contributed by atoms with Gasteiger partial charge in [-0.25, -0.2) is 4.79 Å². The fourth-order valence-corrected chi connectivity index (χ4v) is 2.12. The first-order valence-electron chi connectivity index (χ1n) is 5.68. The van der Waals surface area contributed by atoms with Gasteiger partial charge in [0.2, 0.25) is 6.10 Å². The second-order valence-electron chi connectivity index (χ2n) is 4.05. The summed E-state index contributed by atoms with van der Waals surface area (Å²) in [5.74, 6) is -0.531. The fraction of sp³-hybridized carbons (Fsp3) is 0.214. The van der Waals surface area contributed by atoms with Crippen LogP contribution in [0.4, 0.5) is 0 Å². The second-order valence-corrected chi connectivity index (χ2v) is 4.97. The molecule has 5 heteroatoms. The van der Waals surface area contributed by atoms with Crippen LogP contribution in [0, 0.1) is 0 Å². The molecule has 0 aromatic heterocycles. The molecule has 1 N–H and O–H groups in total. The van der Waals surface area contributed by atoms with Crippen LogP contribution in [0.2, 0.25) is 0 Å². The van der Waals surface area contributed by atoms with Crippen LogP contribution in [0.5, 0.6) is 5.75 Å². The summed E-state index contributed by atoms with van der Waals surface area (Å²) in [7, 11) is 1.44. The van der Waals surface area contributed by atoms with Crippen molar-refractivity contribution in [3.8, 4) is 5.75 Å². The Labute approximate surface area is 119 Å². The lowest BCUT2D eigenvalue weighted by atomic mass is 10.1. The highest BCUT2D eigenvalue weighted by Crippen LogP contribution is 2.24. The molecule has 0 fully saturated rings. The Morgan fingerprint density at radius 3 is 2.63 bits per heavy atom. The number of hydrogen-bond acceptors (Lipinski definition) is 3. The molecule has 0 saturated carbocycles. The number of aliphatic carboxylic acids is 1. The second kappa shape index (κ2) is 6.04. The lowest BCUT2D eigenvalue weighted by Gasteiger charge is -2.14. The van der Waals surface area contributed by atoms with Crippen LogP contribution in [0.3, 0.4) is 0 Å². The van der Waals surface area contributed by atoms with Crippen molar-refractivity contribution >= 4 is 32.7 Å². The maximum Gasteiger partial charge on any atom is 0.347 e. The van der Waals surface area contributed by atoms with Crippen LogP contribution >= 0.6 is 15.9 Å². The highest BCUT2D eigenvalue weighted by atomic mass is 79.9. The molecule has 0 spiro atoms. The normalized spacial score (nSPS) is 12.3. The van der Waals surface area contributed by atoms with Crippen molar-refractivity contribution in [1.82, 2.24) is 0 Å². The number of carbonyl (C=O) groups is 1. The lowest BCUT2D eigenvalue weighted by Crippen LogP contribution is -2.31. The SMILES string of the molecule is COCC(Oc1ccc2cc(Br)ccc2c1)C(=O)O. The molecule has 1 unspecified atom stereocenters. The first kappa shape index (κ1) is 13.8. The van der Waals surface area contributed by atoms with Crippen molar-refractivity contribution in [3.63, 3.8) is 0 Å². The van der Waals surface area contributed by atoms with Gasteiger partial charge in [0.05, 0.1) is 6.61 Å². The molecule has 2 rings (SSSR count). The third-order valence-electron chi connectivity index (χ3n) is 2.65. The molecule has 0 saturated heterocycles. The molecule has 0 aliphatic heterocycles. The van der Waals surface area contributed by atoms with Gasteiger partial charge < -0.3 is 14.6 Å². The minimum Gasteiger partial charge on any atom is -0.478 e. The van der Waals surface area contributed by atoms with Gasteiger partial charge in [0, 0.05) is 11.6 Å². The van der Waals surface area contributed by atoms with E-state index in [1.165, 1.54) is 7.11 Å². The topological polar surface area (TPSA) is 55.8 Å². The molecule has 0 radical (unpaired) electrons. The van der Waals surface area contributed by atoms with Crippen molar-refractivity contribution < 1.29 is 19.4 Å². The number of rotatable bonds is 5. The van der Waals surface area contributed by atoms with Crippen LogP contribution in [0.1, 0.15) is 0 Å². The number of fused-ring (bicyclic) bond motifs is 1. The van der Waals surface area contributed by atoms with Gasteiger partial charge in [-0.3, -0.25) is 0 Å². The molecule has 100 valence electrons. The monoisotopic (exact) mass is 324 g/mol. The van der Waals surface area contributed by atoms with Gasteiger partial charge in [0.25, 0.3) is 0 Å². The van der Waals surface area contributed by atoms with Crippen LogP contribution in [-0.2, 0) is 9.53 Å². The average Bonchev–Trinajstić information content (AvgIpc) is 2.38. The van der Waals surface area contributed by atoms with Crippen molar-refractivity contribution in [2.24, 2.45) is 0 Å². The number of carboxylic acids is 1. The summed E-state index contributed by atoms with van der Waals surface area (Å²) in [4.78, 5) is 11.0. The Morgan fingerprint density at radius 1 is 1.26 bits per heavy atom. The van der Waals surface area contributed by atoms with Gasteiger partial charge in [0.15, 0.2) is 0 Å². The number of hydrogen-bond donors (Lipinski definition) is 1. The van der Waals surface area contributed by atoms with E-state index in [1.54, 1.807) is 6.07 Å². The number of methoxy groups -OCH3 is 1. The summed E-state index contributed by atoms with van der Waals surface area (Å²) < 4.78 is 11.2. The zero-order chi connectivity index (χ0) is 13.8. The van der Waals surface area contributed by atoms with Gasteiger partial charge in [-0.1, -0.05) is 28.1 Å². The summed E-state index contributed by atoms with van der Waals surface area (Å²) >= 11 is 3.41. The average molecular weight is 325 g/mol. The summed E-state index contributed by atoms with van der Waals surface area (Å²) in [5, 5.41) is 11.0. The van der Waals surface area contributed by atoms with Crippen LogP contribution in [0.25, 0.3) is 10.8 Å². The van der Waals surface area contributed by atoms with E-state index < -0.39 is 12.1 Å². The molecule has 0 bridgehead atoms. The number of carboxylic acid groups (broad SMARTS) is 1. The van der Waals surface area contributed by atoms with Crippen molar-refractivity contribution in [2.75, 3.05) is 13.7 Å². The maximum atomic E-state index is 11.0. The number of ether oxygens (including phenoxy) is 2. The molecule has 2 aromatic rings. The highest BCUT2D eigenvalue weighted by Gasteiger charge is 2.19. The Morgan fingerprint density at radius 2 is 1.95 bits per heavy atom. The Balaban J connectivity index is 2.25. The minimum atomic E-state index is -1.04. The predicted octanol–water partition coefficient (Wildman–Crippen LogP) is 3.08. The molecule has 0 aliphatic carbocycles. The summed E-state index contributed by atoms with van der Waals surface area (Å²) in [6.07, 6.45) is -1.00. The summed E-state index contributed by atoms with van der Waals surface area (Å²) in [6.45, 7) is 0.00765. The molecule has 0 amide bonds.